The van der Waals surface area contributed by atoms with Gasteiger partial charge in [0.1, 0.15) is 12.4 Å². The van der Waals surface area contributed by atoms with Gasteiger partial charge in [-0.25, -0.2) is 9.18 Å². The number of likely N-dealkylation sites (tertiary alicyclic amines) is 1. The van der Waals surface area contributed by atoms with Gasteiger partial charge in [0.15, 0.2) is 0 Å². The normalized spacial score (nSPS) is 16.3. The van der Waals surface area contributed by atoms with Crippen LogP contribution in [0.5, 0.6) is 0 Å². The average molecular weight is 418 g/mol. The Balaban J connectivity index is 1.42. The van der Waals surface area contributed by atoms with Gasteiger partial charge in [-0.05, 0) is 48.7 Å². The van der Waals surface area contributed by atoms with Crippen LogP contribution in [0.2, 0.25) is 5.02 Å². The molecule has 8 heteroatoms. The molecule has 1 aromatic heterocycles. The Morgan fingerprint density at radius 3 is 2.55 bits per heavy atom. The molecule has 3 aromatic rings. The molecular weight excluding hydrogens is 397 g/mol. The highest BCUT2D eigenvalue weighted by atomic mass is 35.5. The maximum atomic E-state index is 13.1. The van der Waals surface area contributed by atoms with Crippen molar-refractivity contribution in [2.75, 3.05) is 13.1 Å². The van der Waals surface area contributed by atoms with Crippen LogP contribution < -0.4 is 5.69 Å². The maximum absolute atomic E-state index is 13.1. The van der Waals surface area contributed by atoms with Crippen molar-refractivity contribution in [2.45, 2.75) is 31.4 Å². The number of aliphatic hydroxyl groups is 1. The molecule has 6 nitrogen and oxygen atoms in total. The lowest BCUT2D eigenvalue weighted by Gasteiger charge is -2.38. The molecule has 4 rings (SSSR count). The molecule has 0 spiro atoms. The molecule has 1 saturated heterocycles. The van der Waals surface area contributed by atoms with Crippen LogP contribution in [0, 0.1) is 5.82 Å². The predicted molar refractivity (Wildman–Crippen MR) is 108 cm³/mol. The number of aromatic amines is 1. The monoisotopic (exact) mass is 417 g/mol. The molecule has 2 aromatic carbocycles. The minimum atomic E-state index is -0.931. The Morgan fingerprint density at radius 1 is 1.17 bits per heavy atom. The molecular formula is C21H21ClFN3O3. The highest BCUT2D eigenvalue weighted by Gasteiger charge is 2.34. The van der Waals surface area contributed by atoms with Crippen molar-refractivity contribution in [1.82, 2.24) is 14.5 Å². The molecule has 29 heavy (non-hydrogen) atoms. The van der Waals surface area contributed by atoms with Gasteiger partial charge in [-0.3, -0.25) is 9.36 Å². The van der Waals surface area contributed by atoms with Gasteiger partial charge in [0.05, 0.1) is 16.6 Å². The van der Waals surface area contributed by atoms with Gasteiger partial charge in [0.25, 0.3) is 0 Å². The number of carbonyl (C=O) groups is 1. The van der Waals surface area contributed by atoms with Crippen molar-refractivity contribution in [2.24, 2.45) is 0 Å². The van der Waals surface area contributed by atoms with Crippen LogP contribution in [0.25, 0.3) is 11.0 Å². The number of aromatic nitrogens is 2. The summed E-state index contributed by atoms with van der Waals surface area (Å²) in [4.78, 5) is 29.4. The number of benzene rings is 2. The standard InChI is InChI=1S/C21H21ClFN3O3/c22-15-3-6-17-18(11-15)26(20(28)24-17)13-19(27)25-9-7-21(29,8-10-25)12-14-1-4-16(23)5-2-14/h1-6,11,29H,7-10,12-13H2,(H,24,28). The van der Waals surface area contributed by atoms with E-state index in [4.69, 9.17) is 11.6 Å². The second-order valence-corrected chi connectivity index (χ2v) is 8.02. The smallest absolute Gasteiger partial charge is 0.326 e. The number of H-pyrrole nitrogens is 1. The number of halogens is 2. The number of carbonyl (C=O) groups excluding carboxylic acids is 1. The van der Waals surface area contributed by atoms with Crippen LogP contribution in [0.3, 0.4) is 0 Å². The molecule has 0 unspecified atom stereocenters. The van der Waals surface area contributed by atoms with Gasteiger partial charge in [-0.2, -0.15) is 0 Å². The lowest BCUT2D eigenvalue weighted by Crippen LogP contribution is -2.48. The first kappa shape index (κ1) is 19.7. The molecule has 1 aliphatic rings. The lowest BCUT2D eigenvalue weighted by atomic mass is 9.85. The van der Waals surface area contributed by atoms with Crippen LogP contribution in [0.1, 0.15) is 18.4 Å². The number of nitrogens with zero attached hydrogens (tertiary/aromatic N) is 2. The van der Waals surface area contributed by atoms with E-state index in [1.165, 1.54) is 16.7 Å². The van der Waals surface area contributed by atoms with E-state index in [1.54, 1.807) is 35.2 Å². The largest absolute Gasteiger partial charge is 0.389 e. The van der Waals surface area contributed by atoms with Gasteiger partial charge in [0.2, 0.25) is 5.91 Å². The Labute approximate surface area is 171 Å². The van der Waals surface area contributed by atoms with E-state index in [-0.39, 0.29) is 24.0 Å². The second-order valence-electron chi connectivity index (χ2n) is 7.59. The first-order valence-corrected chi connectivity index (χ1v) is 9.83. The van der Waals surface area contributed by atoms with Gasteiger partial charge < -0.3 is 15.0 Å². The summed E-state index contributed by atoms with van der Waals surface area (Å²) in [5.41, 5.74) is 0.774. The number of fused-ring (bicyclic) bond motifs is 1. The molecule has 0 radical (unpaired) electrons. The van der Waals surface area contributed by atoms with E-state index < -0.39 is 5.60 Å². The molecule has 1 aliphatic heterocycles. The zero-order valence-electron chi connectivity index (χ0n) is 15.7. The van der Waals surface area contributed by atoms with Crippen LogP contribution in [0.15, 0.2) is 47.3 Å². The minimum absolute atomic E-state index is 0.0877. The highest BCUT2D eigenvalue weighted by Crippen LogP contribution is 2.27. The number of imidazole rings is 1. The molecule has 2 N–H and O–H groups in total. The van der Waals surface area contributed by atoms with E-state index in [9.17, 15) is 19.1 Å². The van der Waals surface area contributed by atoms with Gasteiger partial charge in [-0.15, -0.1) is 0 Å². The molecule has 152 valence electrons. The summed E-state index contributed by atoms with van der Waals surface area (Å²) in [7, 11) is 0. The quantitative estimate of drug-likeness (QED) is 0.685. The molecule has 2 heterocycles. The Morgan fingerprint density at radius 2 is 1.86 bits per heavy atom. The summed E-state index contributed by atoms with van der Waals surface area (Å²) in [6, 6.07) is 11.1. The van der Waals surface area contributed by atoms with Crippen LogP contribution >= 0.6 is 11.6 Å². The average Bonchev–Trinajstić information content (AvgIpc) is 2.99. The number of amides is 1. The number of piperidine rings is 1. The number of nitrogens with one attached hydrogen (secondary N) is 1. The third-order valence-electron chi connectivity index (χ3n) is 5.52. The SMILES string of the molecule is O=C(Cn1c(=O)[nH]c2ccc(Cl)cc21)N1CCC(O)(Cc2ccc(F)cc2)CC1. The van der Waals surface area contributed by atoms with Crippen LogP contribution in [0.4, 0.5) is 4.39 Å². The molecule has 1 fully saturated rings. The van der Waals surface area contributed by atoms with Crippen LogP contribution in [-0.2, 0) is 17.8 Å². The van der Waals surface area contributed by atoms with E-state index in [1.807, 2.05) is 0 Å². The summed E-state index contributed by atoms with van der Waals surface area (Å²) >= 11 is 6.02. The maximum Gasteiger partial charge on any atom is 0.326 e. The summed E-state index contributed by atoms with van der Waals surface area (Å²) in [5, 5.41) is 11.3. The fourth-order valence-corrected chi connectivity index (χ4v) is 4.02. The Bertz CT molecular complexity index is 1100. The third kappa shape index (κ3) is 4.21. The fraction of sp³-hybridized carbons (Fsp3) is 0.333. The summed E-state index contributed by atoms with van der Waals surface area (Å²) in [6.07, 6.45) is 1.26. The Hall–Kier alpha value is -2.64. The predicted octanol–water partition coefficient (Wildman–Crippen LogP) is 2.72. The van der Waals surface area contributed by atoms with Crippen molar-refractivity contribution in [3.05, 3.63) is 69.4 Å². The minimum Gasteiger partial charge on any atom is -0.389 e. The highest BCUT2D eigenvalue weighted by molar-refractivity contribution is 6.31. The molecule has 1 amide bonds. The first-order chi connectivity index (χ1) is 13.8. The van der Waals surface area contributed by atoms with Crippen LogP contribution in [-0.4, -0.2) is 44.2 Å². The van der Waals surface area contributed by atoms with Crippen molar-refractivity contribution in [3.8, 4) is 0 Å². The second kappa shape index (κ2) is 7.65. The number of hydrogen-bond donors (Lipinski definition) is 2. The van der Waals surface area contributed by atoms with Crippen molar-refractivity contribution in [1.29, 1.82) is 0 Å². The number of rotatable bonds is 4. The van der Waals surface area contributed by atoms with Gasteiger partial charge in [0, 0.05) is 24.5 Å². The van der Waals surface area contributed by atoms with E-state index in [2.05, 4.69) is 4.98 Å². The molecule has 0 atom stereocenters. The summed E-state index contributed by atoms with van der Waals surface area (Å²) in [5.74, 6) is -0.494. The summed E-state index contributed by atoms with van der Waals surface area (Å²) in [6.45, 7) is 0.707. The first-order valence-electron chi connectivity index (χ1n) is 9.46. The zero-order chi connectivity index (χ0) is 20.6. The third-order valence-corrected chi connectivity index (χ3v) is 5.76. The van der Waals surface area contributed by atoms with E-state index in [0.717, 1.165) is 5.56 Å². The molecule has 0 saturated carbocycles. The van der Waals surface area contributed by atoms with Gasteiger partial charge >= 0.3 is 5.69 Å². The van der Waals surface area contributed by atoms with Gasteiger partial charge in [-0.1, -0.05) is 23.7 Å². The van der Waals surface area contributed by atoms with E-state index in [0.29, 0.717) is 48.4 Å². The van der Waals surface area contributed by atoms with Crippen molar-refractivity contribution < 1.29 is 14.3 Å². The fourth-order valence-electron chi connectivity index (χ4n) is 3.85. The Kier molecular flexibility index (Phi) is 5.19. The molecule has 0 bridgehead atoms. The zero-order valence-corrected chi connectivity index (χ0v) is 16.5. The topological polar surface area (TPSA) is 78.3 Å². The molecule has 0 aliphatic carbocycles. The van der Waals surface area contributed by atoms with Crippen molar-refractivity contribution in [3.63, 3.8) is 0 Å². The summed E-state index contributed by atoms with van der Waals surface area (Å²) < 4.78 is 14.4. The van der Waals surface area contributed by atoms with Crippen molar-refractivity contribution >= 4 is 28.5 Å². The van der Waals surface area contributed by atoms with E-state index >= 15 is 0 Å². The lowest BCUT2D eigenvalue weighted by molar-refractivity contribution is -0.136. The number of hydrogen-bond acceptors (Lipinski definition) is 3.